The summed E-state index contributed by atoms with van der Waals surface area (Å²) in [5.74, 6) is -1.30. The lowest BCUT2D eigenvalue weighted by atomic mass is 9.90. The summed E-state index contributed by atoms with van der Waals surface area (Å²) in [6, 6.07) is 1.81. The first kappa shape index (κ1) is 10.8. The highest BCUT2D eigenvalue weighted by atomic mass is 16.5. The minimum absolute atomic E-state index is 0.0525. The van der Waals surface area contributed by atoms with Crippen molar-refractivity contribution in [3.8, 4) is 5.75 Å². The Morgan fingerprint density at radius 1 is 1.39 bits per heavy atom. The molecule has 7 heteroatoms. The van der Waals surface area contributed by atoms with Crippen LogP contribution in [0.1, 0.15) is 23.2 Å². The van der Waals surface area contributed by atoms with Gasteiger partial charge in [0, 0.05) is 5.56 Å². The molecule has 0 saturated carbocycles. The molecule has 0 aliphatic carbocycles. The Bertz CT molecular complexity index is 558. The van der Waals surface area contributed by atoms with Crippen LogP contribution >= 0.6 is 0 Å². The maximum atomic E-state index is 11.7. The summed E-state index contributed by atoms with van der Waals surface area (Å²) in [6.07, 6.45) is 0. The van der Waals surface area contributed by atoms with Crippen LogP contribution in [0.5, 0.6) is 5.75 Å². The van der Waals surface area contributed by atoms with E-state index in [1.807, 2.05) is 0 Å². The van der Waals surface area contributed by atoms with Gasteiger partial charge in [-0.15, -0.1) is 0 Å². The number of hydroxylamine groups is 2. The van der Waals surface area contributed by atoms with E-state index in [4.69, 9.17) is 0 Å². The first-order chi connectivity index (χ1) is 8.52. The van der Waals surface area contributed by atoms with Crippen LogP contribution in [0.2, 0.25) is 0 Å². The van der Waals surface area contributed by atoms with Crippen molar-refractivity contribution in [1.82, 2.24) is 9.96 Å². The number of aliphatic carboxylic acids is 1. The highest BCUT2D eigenvalue weighted by Crippen LogP contribution is 2.46. The molecule has 1 saturated heterocycles. The molecule has 18 heavy (non-hydrogen) atoms. The van der Waals surface area contributed by atoms with Crippen molar-refractivity contribution < 1.29 is 25.0 Å². The van der Waals surface area contributed by atoms with Crippen molar-refractivity contribution in [1.29, 1.82) is 0 Å². The molecule has 2 bridgehead atoms. The minimum atomic E-state index is -1.19. The highest BCUT2D eigenvalue weighted by molar-refractivity contribution is 5.87. The SMILES string of the molecule is O=C(O)[C@H]1c2cccc(O)c2[C@H]2CN1C(=O)N2O. The van der Waals surface area contributed by atoms with E-state index in [-0.39, 0.29) is 12.3 Å². The third-order valence-corrected chi connectivity index (χ3v) is 3.40. The van der Waals surface area contributed by atoms with E-state index in [9.17, 15) is 25.0 Å². The lowest BCUT2D eigenvalue weighted by Crippen LogP contribution is -2.38. The van der Waals surface area contributed by atoms with Gasteiger partial charge in [-0.1, -0.05) is 12.1 Å². The molecule has 2 amide bonds. The fourth-order valence-corrected chi connectivity index (χ4v) is 2.64. The number of rotatable bonds is 1. The molecule has 3 N–H and O–H groups in total. The van der Waals surface area contributed by atoms with Crippen LogP contribution in [0, 0.1) is 0 Å². The van der Waals surface area contributed by atoms with Gasteiger partial charge in [-0.3, -0.25) is 5.21 Å². The van der Waals surface area contributed by atoms with Crippen LogP contribution in [0.25, 0.3) is 0 Å². The Morgan fingerprint density at radius 3 is 2.78 bits per heavy atom. The number of benzene rings is 1. The van der Waals surface area contributed by atoms with Gasteiger partial charge in [-0.2, -0.15) is 5.06 Å². The summed E-state index contributed by atoms with van der Waals surface area (Å²) >= 11 is 0. The zero-order valence-electron chi connectivity index (χ0n) is 9.15. The van der Waals surface area contributed by atoms with Crippen LogP contribution < -0.4 is 0 Å². The smallest absolute Gasteiger partial charge is 0.345 e. The van der Waals surface area contributed by atoms with Crippen molar-refractivity contribution >= 4 is 12.0 Å². The quantitative estimate of drug-likeness (QED) is 0.637. The first-order valence-electron chi connectivity index (χ1n) is 5.35. The Kier molecular flexibility index (Phi) is 2.02. The van der Waals surface area contributed by atoms with E-state index in [1.54, 1.807) is 6.07 Å². The van der Waals surface area contributed by atoms with Gasteiger partial charge in [-0.05, 0) is 11.6 Å². The Labute approximate surface area is 101 Å². The average Bonchev–Trinajstić information content (AvgIpc) is 2.56. The van der Waals surface area contributed by atoms with Gasteiger partial charge in [0.2, 0.25) is 0 Å². The van der Waals surface area contributed by atoms with E-state index in [0.29, 0.717) is 16.2 Å². The molecular weight excluding hydrogens is 240 g/mol. The molecule has 0 radical (unpaired) electrons. The van der Waals surface area contributed by atoms with Crippen molar-refractivity contribution in [2.75, 3.05) is 6.54 Å². The highest BCUT2D eigenvalue weighted by Gasteiger charge is 2.51. The lowest BCUT2D eigenvalue weighted by Gasteiger charge is -2.30. The molecule has 3 rings (SSSR count). The number of carbonyl (C=O) groups excluding carboxylic acids is 1. The third-order valence-electron chi connectivity index (χ3n) is 3.40. The topological polar surface area (TPSA) is 101 Å². The van der Waals surface area contributed by atoms with Crippen molar-refractivity contribution in [2.45, 2.75) is 12.1 Å². The van der Waals surface area contributed by atoms with Gasteiger partial charge in [0.05, 0.1) is 6.54 Å². The average molecular weight is 250 g/mol. The van der Waals surface area contributed by atoms with Gasteiger partial charge < -0.3 is 15.1 Å². The number of hydrogen-bond acceptors (Lipinski definition) is 4. The predicted molar refractivity (Wildman–Crippen MR) is 57.0 cm³/mol. The van der Waals surface area contributed by atoms with Crippen LogP contribution in [0.15, 0.2) is 18.2 Å². The molecule has 2 aliphatic rings. The number of carboxylic acids is 1. The number of hydrogen-bond donors (Lipinski definition) is 3. The molecule has 94 valence electrons. The lowest BCUT2D eigenvalue weighted by molar-refractivity contribution is -0.142. The molecule has 2 atom stereocenters. The summed E-state index contributed by atoms with van der Waals surface area (Å²) in [5, 5.41) is 29.2. The van der Waals surface area contributed by atoms with Crippen LogP contribution in [0.4, 0.5) is 4.79 Å². The number of carboxylic acid groups (broad SMARTS) is 1. The number of phenolic OH excluding ortho intramolecular Hbond substituents is 1. The van der Waals surface area contributed by atoms with E-state index < -0.39 is 24.1 Å². The van der Waals surface area contributed by atoms with Crippen molar-refractivity contribution in [2.24, 2.45) is 0 Å². The number of nitrogens with zero attached hydrogens (tertiary/aromatic N) is 2. The molecule has 1 fully saturated rings. The zero-order chi connectivity index (χ0) is 13.0. The number of urea groups is 1. The molecule has 0 unspecified atom stereocenters. The standard InChI is InChI=1S/C11H10N2O5/c14-7-3-1-2-5-8(7)6-4-12(9(5)10(15)16)11(17)13(6)18/h1-3,6,9,14,18H,4H2,(H,15,16)/t6-,9-/m1/s1. The van der Waals surface area contributed by atoms with E-state index in [0.717, 1.165) is 4.90 Å². The third kappa shape index (κ3) is 1.16. The van der Waals surface area contributed by atoms with E-state index in [1.165, 1.54) is 12.1 Å². The van der Waals surface area contributed by atoms with Gasteiger partial charge in [0.1, 0.15) is 11.8 Å². The van der Waals surface area contributed by atoms with Gasteiger partial charge in [0.25, 0.3) is 0 Å². The summed E-state index contributed by atoms with van der Waals surface area (Å²) in [7, 11) is 0. The summed E-state index contributed by atoms with van der Waals surface area (Å²) in [5.41, 5.74) is 0.637. The number of aromatic hydroxyl groups is 1. The molecule has 2 aliphatic heterocycles. The van der Waals surface area contributed by atoms with Crippen molar-refractivity contribution in [3.05, 3.63) is 29.3 Å². The monoisotopic (exact) mass is 250 g/mol. The first-order valence-corrected chi connectivity index (χ1v) is 5.35. The molecule has 2 heterocycles. The molecule has 1 aromatic carbocycles. The zero-order valence-corrected chi connectivity index (χ0v) is 9.15. The van der Waals surface area contributed by atoms with E-state index in [2.05, 4.69) is 0 Å². The fraction of sp³-hybridized carbons (Fsp3) is 0.273. The summed E-state index contributed by atoms with van der Waals surface area (Å²) in [6.45, 7) is 0.0525. The Balaban J connectivity index is 2.26. The predicted octanol–water partition coefficient (Wildman–Crippen LogP) is 0.699. The molecular formula is C11H10N2O5. The maximum Gasteiger partial charge on any atom is 0.345 e. The second-order valence-corrected chi connectivity index (χ2v) is 4.32. The van der Waals surface area contributed by atoms with E-state index >= 15 is 0 Å². The molecule has 0 aromatic heterocycles. The number of carbonyl (C=O) groups is 2. The Hall–Kier alpha value is -2.28. The number of phenols is 1. The van der Waals surface area contributed by atoms with Gasteiger partial charge in [0.15, 0.2) is 6.04 Å². The second-order valence-electron chi connectivity index (χ2n) is 4.32. The molecule has 0 spiro atoms. The van der Waals surface area contributed by atoms with Crippen LogP contribution in [0.3, 0.4) is 0 Å². The Morgan fingerprint density at radius 2 is 2.11 bits per heavy atom. The van der Waals surface area contributed by atoms with Crippen LogP contribution in [-0.2, 0) is 4.79 Å². The molecule has 7 nitrogen and oxygen atoms in total. The van der Waals surface area contributed by atoms with Gasteiger partial charge in [-0.25, -0.2) is 9.59 Å². The van der Waals surface area contributed by atoms with Gasteiger partial charge >= 0.3 is 12.0 Å². The number of fused-ring (bicyclic) bond motifs is 4. The summed E-state index contributed by atoms with van der Waals surface area (Å²) < 4.78 is 0. The summed E-state index contributed by atoms with van der Waals surface area (Å²) in [4.78, 5) is 24.1. The second kappa shape index (κ2) is 3.36. The maximum absolute atomic E-state index is 11.7. The van der Waals surface area contributed by atoms with Crippen LogP contribution in [-0.4, -0.2) is 43.9 Å². The largest absolute Gasteiger partial charge is 0.508 e. The normalized spacial score (nSPS) is 25.3. The molecule has 1 aromatic rings. The fourth-order valence-electron chi connectivity index (χ4n) is 2.64. The van der Waals surface area contributed by atoms with Crippen molar-refractivity contribution in [3.63, 3.8) is 0 Å². The minimum Gasteiger partial charge on any atom is -0.508 e. The number of amides is 2.